The lowest BCUT2D eigenvalue weighted by atomic mass is 9.95. The summed E-state index contributed by atoms with van der Waals surface area (Å²) in [6.07, 6.45) is 10.7. The number of aromatic nitrogens is 1. The van der Waals surface area contributed by atoms with Crippen molar-refractivity contribution in [2.24, 2.45) is 5.92 Å². The van der Waals surface area contributed by atoms with E-state index in [1.807, 2.05) is 12.3 Å². The topological polar surface area (TPSA) is 12.9 Å². The fraction of sp³-hybridized carbons (Fsp3) is 0.389. The fourth-order valence-electron chi connectivity index (χ4n) is 3.11. The molecule has 1 aromatic heterocycles. The normalized spacial score (nSPS) is 15.7. The molecule has 1 nitrogen and oxygen atoms in total. The lowest BCUT2D eigenvalue weighted by molar-refractivity contribution is 0.546. The van der Waals surface area contributed by atoms with Gasteiger partial charge in [-0.2, -0.15) is 0 Å². The molecule has 20 heavy (non-hydrogen) atoms. The molecule has 2 heteroatoms. The van der Waals surface area contributed by atoms with E-state index in [0.717, 1.165) is 10.9 Å². The molecule has 1 aliphatic carbocycles. The summed E-state index contributed by atoms with van der Waals surface area (Å²) in [4.78, 5) is 5.78. The molecule has 0 spiro atoms. The van der Waals surface area contributed by atoms with Crippen LogP contribution in [-0.4, -0.2) is 4.98 Å². The van der Waals surface area contributed by atoms with Crippen LogP contribution in [-0.2, 0) is 6.42 Å². The summed E-state index contributed by atoms with van der Waals surface area (Å²) in [5, 5.41) is 1.12. The minimum absolute atomic E-state index is 0.876. The molecule has 0 radical (unpaired) electrons. The molecule has 0 N–H and O–H groups in total. The Bertz CT molecular complexity index is 606. The Morgan fingerprint density at radius 3 is 2.75 bits per heavy atom. The van der Waals surface area contributed by atoms with Crippen molar-refractivity contribution in [2.75, 3.05) is 0 Å². The molecule has 0 amide bonds. The number of nitrogens with zero attached hydrogens (tertiary/aromatic N) is 1. The highest BCUT2D eigenvalue weighted by molar-refractivity contribution is 7.14. The number of rotatable bonds is 4. The highest BCUT2D eigenvalue weighted by Crippen LogP contribution is 2.31. The highest BCUT2D eigenvalue weighted by Gasteiger charge is 2.16. The number of benzene rings is 1. The van der Waals surface area contributed by atoms with E-state index >= 15 is 0 Å². The van der Waals surface area contributed by atoms with Gasteiger partial charge in [0.2, 0.25) is 0 Å². The van der Waals surface area contributed by atoms with E-state index < -0.39 is 0 Å². The van der Waals surface area contributed by atoms with Gasteiger partial charge in [0.25, 0.3) is 0 Å². The van der Waals surface area contributed by atoms with E-state index in [4.69, 9.17) is 0 Å². The van der Waals surface area contributed by atoms with E-state index in [-0.39, 0.29) is 0 Å². The van der Waals surface area contributed by atoms with Crippen LogP contribution in [0.4, 0.5) is 0 Å². The molecule has 104 valence electrons. The Kier molecular flexibility index (Phi) is 4.02. The van der Waals surface area contributed by atoms with Gasteiger partial charge in [-0.1, -0.05) is 44.4 Å². The molecule has 3 rings (SSSR count). The molecule has 0 aliphatic heterocycles. The van der Waals surface area contributed by atoms with Gasteiger partial charge in [-0.05, 0) is 42.5 Å². The quantitative estimate of drug-likeness (QED) is 0.722. The molecule has 2 aromatic rings. The first-order valence-corrected chi connectivity index (χ1v) is 8.25. The Morgan fingerprint density at radius 2 is 2.10 bits per heavy atom. The molecule has 0 unspecified atom stereocenters. The first-order chi connectivity index (χ1) is 9.74. The van der Waals surface area contributed by atoms with Gasteiger partial charge in [0, 0.05) is 16.6 Å². The van der Waals surface area contributed by atoms with Gasteiger partial charge in [0.1, 0.15) is 5.01 Å². The van der Waals surface area contributed by atoms with Gasteiger partial charge < -0.3 is 0 Å². The van der Waals surface area contributed by atoms with Crippen molar-refractivity contribution in [1.29, 1.82) is 0 Å². The van der Waals surface area contributed by atoms with Crippen molar-refractivity contribution in [3.8, 4) is 10.6 Å². The molecular weight excluding hydrogens is 262 g/mol. The molecule has 0 bridgehead atoms. The summed E-state index contributed by atoms with van der Waals surface area (Å²) in [5.74, 6) is 0.876. The zero-order valence-corrected chi connectivity index (χ0v) is 12.9. The van der Waals surface area contributed by atoms with E-state index in [2.05, 4.69) is 36.7 Å². The summed E-state index contributed by atoms with van der Waals surface area (Å²) >= 11 is 1.77. The summed E-state index contributed by atoms with van der Waals surface area (Å²) in [6, 6.07) is 6.81. The summed E-state index contributed by atoms with van der Waals surface area (Å²) < 4.78 is 0. The van der Waals surface area contributed by atoms with Crippen molar-refractivity contribution in [3.05, 3.63) is 47.0 Å². The molecule has 1 aliphatic rings. The number of hydrogen-bond acceptors (Lipinski definition) is 2. The number of thiazole rings is 1. The van der Waals surface area contributed by atoms with Gasteiger partial charge in [-0.3, -0.25) is 0 Å². The SMILES string of the molecule is C=Cc1cc(CC2CCCC2)cc(-c2ncc(C)s2)c1. The largest absolute Gasteiger partial charge is 0.244 e. The Labute approximate surface area is 125 Å². The monoisotopic (exact) mass is 283 g/mol. The van der Waals surface area contributed by atoms with Crippen molar-refractivity contribution in [1.82, 2.24) is 4.98 Å². The maximum Gasteiger partial charge on any atom is 0.123 e. The van der Waals surface area contributed by atoms with Crippen molar-refractivity contribution >= 4 is 17.4 Å². The number of hydrogen-bond donors (Lipinski definition) is 0. The van der Waals surface area contributed by atoms with Crippen LogP contribution in [0.5, 0.6) is 0 Å². The van der Waals surface area contributed by atoms with Crippen molar-refractivity contribution in [2.45, 2.75) is 39.0 Å². The number of aryl methyl sites for hydroxylation is 1. The lowest BCUT2D eigenvalue weighted by Crippen LogP contribution is -1.99. The minimum Gasteiger partial charge on any atom is -0.244 e. The van der Waals surface area contributed by atoms with Crippen LogP contribution in [0.2, 0.25) is 0 Å². The van der Waals surface area contributed by atoms with Crippen LogP contribution in [0, 0.1) is 12.8 Å². The second-order valence-corrected chi connectivity index (χ2v) is 7.03. The molecule has 1 fully saturated rings. The predicted molar refractivity (Wildman–Crippen MR) is 88.0 cm³/mol. The van der Waals surface area contributed by atoms with Gasteiger partial charge in [-0.15, -0.1) is 11.3 Å². The lowest BCUT2D eigenvalue weighted by Gasteiger charge is -2.11. The van der Waals surface area contributed by atoms with Gasteiger partial charge in [0.05, 0.1) is 0 Å². The summed E-state index contributed by atoms with van der Waals surface area (Å²) in [6.45, 7) is 6.04. The maximum absolute atomic E-state index is 4.52. The molecule has 1 aromatic carbocycles. The second-order valence-electron chi connectivity index (χ2n) is 5.80. The third kappa shape index (κ3) is 3.01. The first kappa shape index (κ1) is 13.6. The van der Waals surface area contributed by atoms with E-state index in [0.29, 0.717) is 0 Å². The maximum atomic E-state index is 4.52. The standard InChI is InChI=1S/C18H21NS/c1-3-14-8-16(9-15-6-4-5-7-15)11-17(10-14)18-19-12-13(2)20-18/h3,8,10-12,15H,1,4-7,9H2,2H3. The highest BCUT2D eigenvalue weighted by atomic mass is 32.1. The van der Waals surface area contributed by atoms with Crippen molar-refractivity contribution < 1.29 is 0 Å². The molecule has 0 atom stereocenters. The molecule has 1 heterocycles. The van der Waals surface area contributed by atoms with Crippen LogP contribution >= 0.6 is 11.3 Å². The second kappa shape index (κ2) is 5.92. The van der Waals surface area contributed by atoms with Crippen LogP contribution < -0.4 is 0 Å². The van der Waals surface area contributed by atoms with Gasteiger partial charge >= 0.3 is 0 Å². The fourth-order valence-corrected chi connectivity index (χ4v) is 3.87. The third-order valence-electron chi connectivity index (χ3n) is 4.12. The van der Waals surface area contributed by atoms with Gasteiger partial charge in [0.15, 0.2) is 0 Å². The van der Waals surface area contributed by atoms with Crippen LogP contribution in [0.15, 0.2) is 31.0 Å². The van der Waals surface area contributed by atoms with Crippen LogP contribution in [0.1, 0.15) is 41.7 Å². The molecule has 1 saturated carbocycles. The third-order valence-corrected chi connectivity index (χ3v) is 5.08. The Hall–Kier alpha value is -1.41. The molecule has 0 saturated heterocycles. The smallest absolute Gasteiger partial charge is 0.123 e. The summed E-state index contributed by atoms with van der Waals surface area (Å²) in [7, 11) is 0. The average molecular weight is 283 g/mol. The molecular formula is C18H21NS. The zero-order chi connectivity index (χ0) is 13.9. The first-order valence-electron chi connectivity index (χ1n) is 7.44. The van der Waals surface area contributed by atoms with Crippen molar-refractivity contribution in [3.63, 3.8) is 0 Å². The van der Waals surface area contributed by atoms with E-state index in [9.17, 15) is 0 Å². The average Bonchev–Trinajstić information content (AvgIpc) is 3.10. The zero-order valence-electron chi connectivity index (χ0n) is 12.1. The summed E-state index contributed by atoms with van der Waals surface area (Å²) in [5.41, 5.74) is 3.90. The Morgan fingerprint density at radius 1 is 1.30 bits per heavy atom. The predicted octanol–water partition coefficient (Wildman–Crippen LogP) is 5.49. The van der Waals surface area contributed by atoms with Crippen LogP contribution in [0.3, 0.4) is 0 Å². The van der Waals surface area contributed by atoms with E-state index in [1.54, 1.807) is 11.3 Å². The minimum atomic E-state index is 0.876. The van der Waals surface area contributed by atoms with Gasteiger partial charge in [-0.25, -0.2) is 4.98 Å². The van der Waals surface area contributed by atoms with Crippen LogP contribution in [0.25, 0.3) is 16.6 Å². The van der Waals surface area contributed by atoms with E-state index in [1.165, 1.54) is 53.7 Å². The Balaban J connectivity index is 1.91.